The number of anilines is 1. The van der Waals surface area contributed by atoms with Gasteiger partial charge in [0.1, 0.15) is 0 Å². The molecule has 0 atom stereocenters. The highest BCUT2D eigenvalue weighted by Crippen LogP contribution is 2.38. The minimum Gasteiger partial charge on any atom is -0.400 e. The Morgan fingerprint density at radius 3 is 2.20 bits per heavy atom. The van der Waals surface area contributed by atoms with E-state index in [2.05, 4.69) is 9.97 Å². The zero-order chi connectivity index (χ0) is 15.0. The van der Waals surface area contributed by atoms with Gasteiger partial charge in [0, 0.05) is 18.0 Å². The second-order valence-corrected chi connectivity index (χ2v) is 5.84. The molecule has 0 radical (unpaired) electrons. The summed E-state index contributed by atoms with van der Waals surface area (Å²) < 4.78 is 11.8. The van der Waals surface area contributed by atoms with Crippen LogP contribution >= 0.6 is 0 Å². The fraction of sp³-hybridized carbons (Fsp3) is 0.538. The molecule has 20 heavy (non-hydrogen) atoms. The summed E-state index contributed by atoms with van der Waals surface area (Å²) in [5.41, 5.74) is 5.92. The molecule has 2 rings (SSSR count). The van der Waals surface area contributed by atoms with Gasteiger partial charge in [0.05, 0.1) is 17.8 Å². The standard InChI is InChI=1S/C13H20BN3O3/c1-12(2)13(3,4)20-14(19-12)10(8-18)5-9-6-16-11(15)17-7-9/h5-7,18H,8H2,1-4H3,(H2,15,16,17). The molecule has 1 aliphatic heterocycles. The molecule has 2 heterocycles. The highest BCUT2D eigenvalue weighted by atomic mass is 16.7. The maximum absolute atomic E-state index is 9.55. The van der Waals surface area contributed by atoms with E-state index >= 15 is 0 Å². The fourth-order valence-electron chi connectivity index (χ4n) is 1.82. The summed E-state index contributed by atoms with van der Waals surface area (Å²) in [6.07, 6.45) is 4.92. The topological polar surface area (TPSA) is 90.5 Å². The average molecular weight is 277 g/mol. The van der Waals surface area contributed by atoms with Crippen LogP contribution in [0.2, 0.25) is 0 Å². The van der Waals surface area contributed by atoms with Gasteiger partial charge in [0.15, 0.2) is 0 Å². The quantitative estimate of drug-likeness (QED) is 0.803. The number of aliphatic hydroxyl groups is 1. The van der Waals surface area contributed by atoms with Crippen molar-refractivity contribution in [2.75, 3.05) is 12.3 Å². The van der Waals surface area contributed by atoms with Crippen molar-refractivity contribution in [1.82, 2.24) is 9.97 Å². The lowest BCUT2D eigenvalue weighted by Gasteiger charge is -2.32. The smallest absolute Gasteiger partial charge is 0.400 e. The van der Waals surface area contributed by atoms with Crippen molar-refractivity contribution in [2.45, 2.75) is 38.9 Å². The molecule has 0 saturated carbocycles. The van der Waals surface area contributed by atoms with E-state index in [1.165, 1.54) is 0 Å². The molecule has 1 aromatic heterocycles. The number of nitrogens with zero attached hydrogens (tertiary/aromatic N) is 2. The Bertz CT molecular complexity index is 498. The van der Waals surface area contributed by atoms with Gasteiger partial charge in [0.2, 0.25) is 5.95 Å². The van der Waals surface area contributed by atoms with E-state index in [1.54, 1.807) is 18.5 Å². The first kappa shape index (κ1) is 15.0. The van der Waals surface area contributed by atoms with E-state index < -0.39 is 18.3 Å². The van der Waals surface area contributed by atoms with Crippen LogP contribution in [-0.4, -0.2) is 40.0 Å². The van der Waals surface area contributed by atoms with Gasteiger partial charge in [-0.05, 0) is 33.2 Å². The fourth-order valence-corrected chi connectivity index (χ4v) is 1.82. The largest absolute Gasteiger partial charge is 0.492 e. The van der Waals surface area contributed by atoms with Gasteiger partial charge in [-0.2, -0.15) is 0 Å². The lowest BCUT2D eigenvalue weighted by atomic mass is 9.78. The van der Waals surface area contributed by atoms with Crippen LogP contribution in [0.15, 0.2) is 17.9 Å². The third kappa shape index (κ3) is 2.84. The number of nitrogens with two attached hydrogens (primary N) is 1. The molecule has 6 nitrogen and oxygen atoms in total. The van der Waals surface area contributed by atoms with Gasteiger partial charge < -0.3 is 20.1 Å². The van der Waals surface area contributed by atoms with E-state index in [4.69, 9.17) is 15.0 Å². The lowest BCUT2D eigenvalue weighted by Crippen LogP contribution is -2.41. The first-order valence-electron chi connectivity index (χ1n) is 6.50. The third-order valence-electron chi connectivity index (χ3n) is 3.78. The summed E-state index contributed by atoms with van der Waals surface area (Å²) >= 11 is 0. The second-order valence-electron chi connectivity index (χ2n) is 5.84. The van der Waals surface area contributed by atoms with Crippen molar-refractivity contribution < 1.29 is 14.4 Å². The minimum atomic E-state index is -0.581. The van der Waals surface area contributed by atoms with Crippen LogP contribution in [0, 0.1) is 0 Å². The van der Waals surface area contributed by atoms with Crippen LogP contribution in [0.4, 0.5) is 5.95 Å². The summed E-state index contributed by atoms with van der Waals surface area (Å²) in [4.78, 5) is 7.82. The maximum atomic E-state index is 9.55. The number of aromatic nitrogens is 2. The third-order valence-corrected chi connectivity index (χ3v) is 3.78. The van der Waals surface area contributed by atoms with Crippen molar-refractivity contribution in [3.8, 4) is 0 Å². The van der Waals surface area contributed by atoms with E-state index in [1.807, 2.05) is 27.7 Å². The summed E-state index contributed by atoms with van der Waals surface area (Å²) in [5.74, 6) is 0.211. The molecule has 1 aliphatic rings. The Kier molecular flexibility index (Phi) is 3.86. The van der Waals surface area contributed by atoms with E-state index in [0.717, 1.165) is 5.56 Å². The predicted molar refractivity (Wildman–Crippen MR) is 77.6 cm³/mol. The second kappa shape index (κ2) is 5.16. The normalized spacial score (nSPS) is 21.2. The lowest BCUT2D eigenvalue weighted by molar-refractivity contribution is 0.00578. The number of hydrogen-bond acceptors (Lipinski definition) is 6. The first-order chi connectivity index (χ1) is 9.25. The summed E-state index contributed by atoms with van der Waals surface area (Å²) in [7, 11) is -0.581. The van der Waals surface area contributed by atoms with Crippen molar-refractivity contribution in [1.29, 1.82) is 0 Å². The van der Waals surface area contributed by atoms with E-state index in [9.17, 15) is 5.11 Å². The number of nitrogen functional groups attached to an aromatic ring is 1. The summed E-state index contributed by atoms with van der Waals surface area (Å²) in [6.45, 7) is 7.70. The van der Waals surface area contributed by atoms with Gasteiger partial charge in [-0.1, -0.05) is 6.08 Å². The SMILES string of the molecule is CC1(C)OB(C(=Cc2cnc(N)nc2)CO)OC1(C)C. The maximum Gasteiger partial charge on any atom is 0.492 e. The monoisotopic (exact) mass is 277 g/mol. The molecule has 0 amide bonds. The first-order valence-corrected chi connectivity index (χ1v) is 6.50. The predicted octanol–water partition coefficient (Wildman–Crippen LogP) is 1.07. The molecule has 0 bridgehead atoms. The van der Waals surface area contributed by atoms with Crippen LogP contribution in [0.1, 0.15) is 33.3 Å². The van der Waals surface area contributed by atoms with Gasteiger partial charge in [-0.15, -0.1) is 0 Å². The zero-order valence-electron chi connectivity index (χ0n) is 12.3. The average Bonchev–Trinajstić information content (AvgIpc) is 2.57. The minimum absolute atomic E-state index is 0.165. The molecule has 0 spiro atoms. The van der Waals surface area contributed by atoms with Crippen LogP contribution < -0.4 is 5.73 Å². The highest BCUT2D eigenvalue weighted by molar-refractivity contribution is 6.55. The van der Waals surface area contributed by atoms with Crippen LogP contribution in [0.25, 0.3) is 6.08 Å². The molecular weight excluding hydrogens is 257 g/mol. The van der Waals surface area contributed by atoms with Crippen LogP contribution in [0.3, 0.4) is 0 Å². The Morgan fingerprint density at radius 2 is 1.75 bits per heavy atom. The van der Waals surface area contributed by atoms with Gasteiger partial charge >= 0.3 is 7.12 Å². The van der Waals surface area contributed by atoms with Crippen molar-refractivity contribution in [3.63, 3.8) is 0 Å². The van der Waals surface area contributed by atoms with Crippen molar-refractivity contribution >= 4 is 19.1 Å². The molecule has 0 aromatic carbocycles. The molecule has 0 aliphatic carbocycles. The molecule has 3 N–H and O–H groups in total. The Morgan fingerprint density at radius 1 is 1.25 bits per heavy atom. The molecule has 1 aromatic rings. The van der Waals surface area contributed by atoms with Gasteiger partial charge in [0.25, 0.3) is 0 Å². The van der Waals surface area contributed by atoms with Crippen molar-refractivity contribution in [2.24, 2.45) is 0 Å². The Hall–Kier alpha value is -1.44. The summed E-state index contributed by atoms with van der Waals surface area (Å²) in [5, 5.41) is 9.55. The van der Waals surface area contributed by atoms with Gasteiger partial charge in [-0.25, -0.2) is 9.97 Å². The molecule has 0 unspecified atom stereocenters. The molecular formula is C13H20BN3O3. The van der Waals surface area contributed by atoms with Crippen LogP contribution in [-0.2, 0) is 9.31 Å². The number of rotatable bonds is 3. The Labute approximate surface area is 119 Å². The highest BCUT2D eigenvalue weighted by Gasteiger charge is 2.52. The zero-order valence-corrected chi connectivity index (χ0v) is 12.3. The van der Waals surface area contributed by atoms with Crippen LogP contribution in [0.5, 0.6) is 0 Å². The van der Waals surface area contributed by atoms with Crippen molar-refractivity contribution in [3.05, 3.63) is 23.4 Å². The van der Waals surface area contributed by atoms with E-state index in [-0.39, 0.29) is 12.6 Å². The molecule has 1 fully saturated rings. The van der Waals surface area contributed by atoms with E-state index in [0.29, 0.717) is 5.47 Å². The number of hydrogen-bond donors (Lipinski definition) is 2. The summed E-state index contributed by atoms with van der Waals surface area (Å²) in [6, 6.07) is 0. The number of aliphatic hydroxyl groups excluding tert-OH is 1. The Balaban J connectivity index is 2.24. The molecule has 1 saturated heterocycles. The molecule has 108 valence electrons. The molecule has 7 heteroatoms. The van der Waals surface area contributed by atoms with Gasteiger partial charge in [-0.3, -0.25) is 0 Å².